The first-order valence-corrected chi connectivity index (χ1v) is 10.7. The number of hydrogen-bond acceptors (Lipinski definition) is 6. The van der Waals surface area contributed by atoms with E-state index in [1.165, 1.54) is 29.9 Å². The van der Waals surface area contributed by atoms with Crippen LogP contribution >= 0.6 is 22.9 Å². The number of carbonyl (C=O) groups is 1. The van der Waals surface area contributed by atoms with Crippen LogP contribution in [0.15, 0.2) is 63.5 Å². The molecule has 0 saturated heterocycles. The summed E-state index contributed by atoms with van der Waals surface area (Å²) in [6, 6.07) is 10.6. The van der Waals surface area contributed by atoms with Gasteiger partial charge in [0.1, 0.15) is 11.6 Å². The van der Waals surface area contributed by atoms with E-state index in [-0.39, 0.29) is 20.7 Å². The molecule has 164 valence electrons. The number of nitrogens with zero attached hydrogens (tertiary/aromatic N) is 2. The van der Waals surface area contributed by atoms with Crippen molar-refractivity contribution in [3.05, 3.63) is 95.4 Å². The van der Waals surface area contributed by atoms with E-state index in [1.54, 1.807) is 44.4 Å². The summed E-state index contributed by atoms with van der Waals surface area (Å²) in [6.07, 6.45) is 1.41. The summed E-state index contributed by atoms with van der Waals surface area (Å²) in [5.41, 5.74) is 1.07. The van der Waals surface area contributed by atoms with Crippen molar-refractivity contribution in [2.24, 2.45) is 4.99 Å². The summed E-state index contributed by atoms with van der Waals surface area (Å²) >= 11 is 7.24. The van der Waals surface area contributed by atoms with Crippen molar-refractivity contribution in [1.29, 1.82) is 0 Å². The molecule has 0 bridgehead atoms. The molecular formula is C23H18ClFN2O4S. The Morgan fingerprint density at radius 2 is 1.94 bits per heavy atom. The molecule has 0 spiro atoms. The second-order valence-corrected chi connectivity index (χ2v) is 8.40. The van der Waals surface area contributed by atoms with Gasteiger partial charge in [-0.2, -0.15) is 0 Å². The number of hydrogen-bond donors (Lipinski definition) is 0. The van der Waals surface area contributed by atoms with E-state index in [1.807, 2.05) is 0 Å². The largest absolute Gasteiger partial charge is 0.497 e. The molecule has 0 N–H and O–H groups in total. The fourth-order valence-electron chi connectivity index (χ4n) is 3.57. The van der Waals surface area contributed by atoms with E-state index in [0.717, 1.165) is 11.3 Å². The van der Waals surface area contributed by atoms with E-state index in [0.29, 0.717) is 21.8 Å². The van der Waals surface area contributed by atoms with Crippen LogP contribution in [0.5, 0.6) is 5.75 Å². The highest BCUT2D eigenvalue weighted by molar-refractivity contribution is 7.07. The van der Waals surface area contributed by atoms with Crippen molar-refractivity contribution in [1.82, 2.24) is 4.57 Å². The van der Waals surface area contributed by atoms with Gasteiger partial charge in [-0.3, -0.25) is 9.36 Å². The number of benzene rings is 2. The normalized spacial score (nSPS) is 15.9. The number of rotatable bonds is 4. The summed E-state index contributed by atoms with van der Waals surface area (Å²) in [6.45, 7) is 1.69. The monoisotopic (exact) mass is 472 g/mol. The maximum absolute atomic E-state index is 14.3. The van der Waals surface area contributed by atoms with E-state index in [4.69, 9.17) is 21.1 Å². The Kier molecular flexibility index (Phi) is 5.99. The maximum atomic E-state index is 14.3. The Morgan fingerprint density at radius 3 is 2.56 bits per heavy atom. The van der Waals surface area contributed by atoms with Crippen LogP contribution in [0, 0.1) is 5.82 Å². The lowest BCUT2D eigenvalue weighted by Gasteiger charge is -2.24. The van der Waals surface area contributed by atoms with Crippen LogP contribution in [-0.4, -0.2) is 24.8 Å². The van der Waals surface area contributed by atoms with E-state index in [2.05, 4.69) is 4.99 Å². The molecule has 9 heteroatoms. The molecule has 4 rings (SSSR count). The van der Waals surface area contributed by atoms with Crippen molar-refractivity contribution >= 4 is 35.0 Å². The number of halogens is 2. The minimum Gasteiger partial charge on any atom is -0.497 e. The fourth-order valence-corrected chi connectivity index (χ4v) is 4.82. The van der Waals surface area contributed by atoms with Crippen molar-refractivity contribution in [2.75, 3.05) is 14.2 Å². The molecule has 1 aliphatic rings. The van der Waals surface area contributed by atoms with Crippen LogP contribution in [0.4, 0.5) is 4.39 Å². The molecule has 6 nitrogen and oxygen atoms in total. The van der Waals surface area contributed by atoms with Gasteiger partial charge in [-0.1, -0.05) is 41.1 Å². The molecule has 2 heterocycles. The van der Waals surface area contributed by atoms with Crippen LogP contribution in [0.25, 0.3) is 6.08 Å². The van der Waals surface area contributed by atoms with Gasteiger partial charge in [0.2, 0.25) is 0 Å². The fraction of sp³-hybridized carbons (Fsp3) is 0.174. The molecule has 3 aromatic rings. The van der Waals surface area contributed by atoms with Crippen LogP contribution < -0.4 is 19.6 Å². The third kappa shape index (κ3) is 3.76. The summed E-state index contributed by atoms with van der Waals surface area (Å²) < 4.78 is 26.2. The zero-order valence-corrected chi connectivity index (χ0v) is 19.0. The number of aromatic nitrogens is 1. The number of esters is 1. The van der Waals surface area contributed by atoms with Gasteiger partial charge in [-0.15, -0.1) is 0 Å². The third-order valence-corrected chi connectivity index (χ3v) is 6.45. The van der Waals surface area contributed by atoms with Gasteiger partial charge in [-0.05, 0) is 42.8 Å². The molecule has 1 unspecified atom stereocenters. The van der Waals surface area contributed by atoms with E-state index >= 15 is 0 Å². The molecule has 0 amide bonds. The summed E-state index contributed by atoms with van der Waals surface area (Å²) in [5.74, 6) is -0.490. The summed E-state index contributed by atoms with van der Waals surface area (Å²) in [7, 11) is 2.83. The minimum absolute atomic E-state index is 0.115. The lowest BCUT2D eigenvalue weighted by Crippen LogP contribution is -2.39. The predicted molar refractivity (Wildman–Crippen MR) is 120 cm³/mol. The van der Waals surface area contributed by atoms with E-state index < -0.39 is 23.4 Å². The standard InChI is InChI=1S/C23H18ClFN2O4S/c1-12-19(22(29)31-3)20(13-7-9-14(30-2)10-8-13)27-21(28)18(32-23(27)26-12)11-15-16(24)5-4-6-17(15)25/h4-11,20H,1-3H3/b18-11-. The first kappa shape index (κ1) is 22.0. The molecule has 0 fully saturated rings. The van der Waals surface area contributed by atoms with Gasteiger partial charge < -0.3 is 9.47 Å². The molecule has 1 aliphatic heterocycles. The first-order chi connectivity index (χ1) is 15.3. The molecule has 2 aromatic carbocycles. The topological polar surface area (TPSA) is 69.9 Å². The third-order valence-electron chi connectivity index (χ3n) is 5.13. The molecule has 0 aliphatic carbocycles. The highest BCUT2D eigenvalue weighted by Crippen LogP contribution is 2.31. The van der Waals surface area contributed by atoms with Crippen molar-refractivity contribution in [3.8, 4) is 5.75 Å². The SMILES string of the molecule is COC(=O)C1=C(C)N=c2s/c(=C\c3c(F)cccc3Cl)c(=O)n2C1c1ccc(OC)cc1. The molecular weight excluding hydrogens is 455 g/mol. The average Bonchev–Trinajstić information content (AvgIpc) is 3.09. The second kappa shape index (κ2) is 8.72. The summed E-state index contributed by atoms with van der Waals surface area (Å²) in [5, 5.41) is 0.189. The van der Waals surface area contributed by atoms with Gasteiger partial charge in [0, 0.05) is 5.56 Å². The summed E-state index contributed by atoms with van der Waals surface area (Å²) in [4.78, 5) is 30.9. The molecule has 1 atom stereocenters. The van der Waals surface area contributed by atoms with Crippen molar-refractivity contribution in [2.45, 2.75) is 13.0 Å². The molecule has 0 radical (unpaired) electrons. The number of thiazole rings is 1. The molecule has 1 aromatic heterocycles. The van der Waals surface area contributed by atoms with Crippen LogP contribution in [0.2, 0.25) is 5.02 Å². The first-order valence-electron chi connectivity index (χ1n) is 9.54. The highest BCUT2D eigenvalue weighted by atomic mass is 35.5. The van der Waals surface area contributed by atoms with Gasteiger partial charge >= 0.3 is 5.97 Å². The maximum Gasteiger partial charge on any atom is 0.338 e. The average molecular weight is 473 g/mol. The highest BCUT2D eigenvalue weighted by Gasteiger charge is 2.33. The number of fused-ring (bicyclic) bond motifs is 1. The van der Waals surface area contributed by atoms with Crippen LogP contribution in [-0.2, 0) is 9.53 Å². The quantitative estimate of drug-likeness (QED) is 0.547. The van der Waals surface area contributed by atoms with Gasteiger partial charge in [0.05, 0.1) is 41.1 Å². The Morgan fingerprint density at radius 1 is 1.22 bits per heavy atom. The molecule has 0 saturated carbocycles. The Bertz CT molecular complexity index is 1400. The molecule has 32 heavy (non-hydrogen) atoms. The lowest BCUT2D eigenvalue weighted by atomic mass is 9.96. The smallest absolute Gasteiger partial charge is 0.338 e. The Hall–Kier alpha value is -3.23. The van der Waals surface area contributed by atoms with Crippen LogP contribution in [0.1, 0.15) is 24.1 Å². The Labute approximate surface area is 191 Å². The van der Waals surface area contributed by atoms with Crippen molar-refractivity contribution in [3.63, 3.8) is 0 Å². The van der Waals surface area contributed by atoms with Gasteiger partial charge in [0.15, 0.2) is 4.80 Å². The van der Waals surface area contributed by atoms with Crippen molar-refractivity contribution < 1.29 is 18.7 Å². The van der Waals surface area contributed by atoms with Crippen LogP contribution in [0.3, 0.4) is 0 Å². The number of carbonyl (C=O) groups excluding carboxylic acids is 1. The lowest BCUT2D eigenvalue weighted by molar-refractivity contribution is -0.136. The number of ether oxygens (including phenoxy) is 2. The zero-order chi connectivity index (χ0) is 23.0. The predicted octanol–water partition coefficient (Wildman–Crippen LogP) is 3.21. The van der Waals surface area contributed by atoms with Gasteiger partial charge in [0.25, 0.3) is 5.56 Å². The minimum atomic E-state index is -0.761. The van der Waals surface area contributed by atoms with Gasteiger partial charge in [-0.25, -0.2) is 14.2 Å². The zero-order valence-electron chi connectivity index (χ0n) is 17.4. The second-order valence-electron chi connectivity index (χ2n) is 6.98. The number of methoxy groups -OCH3 is 2. The van der Waals surface area contributed by atoms with E-state index in [9.17, 15) is 14.0 Å². The number of allylic oxidation sites excluding steroid dienone is 1. The Balaban J connectivity index is 1.99.